The van der Waals surface area contributed by atoms with Crippen molar-refractivity contribution in [2.75, 3.05) is 26.2 Å². The molecule has 2 aliphatic rings. The summed E-state index contributed by atoms with van der Waals surface area (Å²) in [6.45, 7) is 11.4. The number of thiazole rings is 1. The van der Waals surface area contributed by atoms with E-state index in [9.17, 15) is 0 Å². The van der Waals surface area contributed by atoms with E-state index in [2.05, 4.69) is 34.3 Å². The van der Waals surface area contributed by atoms with E-state index >= 15 is 0 Å². The average molecular weight is 308 g/mol. The summed E-state index contributed by atoms with van der Waals surface area (Å²) >= 11 is 1.80. The van der Waals surface area contributed by atoms with Gasteiger partial charge >= 0.3 is 0 Å². The molecule has 4 nitrogen and oxygen atoms in total. The lowest BCUT2D eigenvalue weighted by Gasteiger charge is -2.42. The van der Waals surface area contributed by atoms with Gasteiger partial charge in [-0.15, -0.1) is 11.3 Å². The van der Waals surface area contributed by atoms with E-state index < -0.39 is 0 Å². The number of nitrogens with zero attached hydrogens (tertiary/aromatic N) is 3. The highest BCUT2D eigenvalue weighted by Gasteiger charge is 2.34. The Labute approximate surface area is 132 Å². The van der Waals surface area contributed by atoms with Crippen molar-refractivity contribution in [3.8, 4) is 0 Å². The van der Waals surface area contributed by atoms with Gasteiger partial charge in [0.15, 0.2) is 0 Å². The molecular weight excluding hydrogens is 280 g/mol. The fourth-order valence-electron chi connectivity index (χ4n) is 3.55. The van der Waals surface area contributed by atoms with Gasteiger partial charge in [-0.1, -0.05) is 6.92 Å². The van der Waals surface area contributed by atoms with E-state index in [-0.39, 0.29) is 0 Å². The number of hydrogen-bond acceptors (Lipinski definition) is 5. The van der Waals surface area contributed by atoms with Crippen LogP contribution in [0.4, 0.5) is 0 Å². The van der Waals surface area contributed by atoms with Crippen LogP contribution in [0.2, 0.25) is 0 Å². The van der Waals surface area contributed by atoms with Crippen molar-refractivity contribution >= 4 is 11.3 Å². The third-order valence-corrected chi connectivity index (χ3v) is 5.63. The summed E-state index contributed by atoms with van der Waals surface area (Å²) < 4.78 is 0. The van der Waals surface area contributed by atoms with Crippen LogP contribution < -0.4 is 5.32 Å². The van der Waals surface area contributed by atoms with Gasteiger partial charge in [-0.05, 0) is 39.3 Å². The largest absolute Gasteiger partial charge is 0.310 e. The Morgan fingerprint density at radius 1 is 1.43 bits per heavy atom. The Morgan fingerprint density at radius 2 is 2.33 bits per heavy atom. The van der Waals surface area contributed by atoms with Gasteiger partial charge in [-0.3, -0.25) is 9.80 Å². The summed E-state index contributed by atoms with van der Waals surface area (Å²) in [7, 11) is 0. The number of aromatic nitrogens is 1. The molecule has 3 heterocycles. The second kappa shape index (κ2) is 7.18. The molecule has 21 heavy (non-hydrogen) atoms. The van der Waals surface area contributed by atoms with Crippen molar-refractivity contribution in [2.24, 2.45) is 0 Å². The molecule has 1 aromatic heterocycles. The molecule has 2 fully saturated rings. The van der Waals surface area contributed by atoms with Crippen molar-refractivity contribution in [1.29, 1.82) is 0 Å². The van der Waals surface area contributed by atoms with Crippen LogP contribution in [0.5, 0.6) is 0 Å². The predicted octanol–water partition coefficient (Wildman–Crippen LogP) is 2.31. The first kappa shape index (κ1) is 15.4. The van der Waals surface area contributed by atoms with Crippen molar-refractivity contribution in [3.63, 3.8) is 0 Å². The van der Waals surface area contributed by atoms with E-state index in [4.69, 9.17) is 4.98 Å². The molecule has 0 saturated carbocycles. The molecule has 2 aliphatic heterocycles. The number of nitrogens with one attached hydrogen (secondary N) is 1. The fraction of sp³-hybridized carbons (Fsp3) is 0.812. The van der Waals surface area contributed by atoms with E-state index in [1.165, 1.54) is 49.6 Å². The normalized spacial score (nSPS) is 27.1. The first-order valence-electron chi connectivity index (χ1n) is 8.38. The molecule has 2 saturated heterocycles. The minimum Gasteiger partial charge on any atom is -0.310 e. The lowest BCUT2D eigenvalue weighted by atomic mass is 10.1. The molecule has 0 spiro atoms. The van der Waals surface area contributed by atoms with Crippen LogP contribution in [0.25, 0.3) is 0 Å². The number of hydrogen-bond donors (Lipinski definition) is 1. The standard InChI is InChI=1S/C16H28N4S/c1-3-6-17-8-16-18-14(12-21-16)10-20-11-15-5-4-7-19(15)9-13(20)2/h12-13,15,17H,3-11H2,1-2H3. The fourth-order valence-corrected chi connectivity index (χ4v) is 4.31. The summed E-state index contributed by atoms with van der Waals surface area (Å²) in [5, 5.41) is 6.91. The summed E-state index contributed by atoms with van der Waals surface area (Å²) in [6.07, 6.45) is 3.95. The second-order valence-corrected chi connectivity index (χ2v) is 7.42. The maximum atomic E-state index is 4.80. The number of piperazine rings is 1. The van der Waals surface area contributed by atoms with E-state index in [0.717, 1.165) is 25.7 Å². The third kappa shape index (κ3) is 3.83. The van der Waals surface area contributed by atoms with Gasteiger partial charge in [-0.25, -0.2) is 4.98 Å². The quantitative estimate of drug-likeness (QED) is 0.817. The minimum absolute atomic E-state index is 0.655. The molecule has 2 unspecified atom stereocenters. The minimum atomic E-state index is 0.655. The number of fused-ring (bicyclic) bond motifs is 1. The van der Waals surface area contributed by atoms with Crippen LogP contribution in [0.1, 0.15) is 43.8 Å². The Bertz CT molecular complexity index is 447. The number of rotatable bonds is 6. The lowest BCUT2D eigenvalue weighted by Crippen LogP contribution is -2.54. The van der Waals surface area contributed by atoms with Crippen molar-refractivity contribution in [3.05, 3.63) is 16.1 Å². The zero-order valence-electron chi connectivity index (χ0n) is 13.3. The molecular formula is C16H28N4S. The summed E-state index contributed by atoms with van der Waals surface area (Å²) in [4.78, 5) is 10.1. The van der Waals surface area contributed by atoms with Crippen molar-refractivity contribution in [2.45, 2.75) is 58.3 Å². The van der Waals surface area contributed by atoms with E-state index in [1.807, 2.05) is 0 Å². The molecule has 0 aromatic carbocycles. The zero-order valence-corrected chi connectivity index (χ0v) is 14.2. The molecule has 1 N–H and O–H groups in total. The van der Waals surface area contributed by atoms with Gasteiger partial charge in [-0.2, -0.15) is 0 Å². The summed E-state index contributed by atoms with van der Waals surface area (Å²) in [5.74, 6) is 0. The third-order valence-electron chi connectivity index (χ3n) is 4.73. The first-order chi connectivity index (χ1) is 10.3. The molecule has 1 aromatic rings. The zero-order chi connectivity index (χ0) is 14.7. The van der Waals surface area contributed by atoms with Crippen LogP contribution in [0, 0.1) is 0 Å². The monoisotopic (exact) mass is 308 g/mol. The SMILES string of the molecule is CCCNCc1nc(CN2CC3CCCN3CC2C)cs1. The lowest BCUT2D eigenvalue weighted by molar-refractivity contribution is 0.0533. The van der Waals surface area contributed by atoms with E-state index in [1.54, 1.807) is 11.3 Å². The molecule has 0 radical (unpaired) electrons. The smallest absolute Gasteiger partial charge is 0.107 e. The molecule has 0 amide bonds. The topological polar surface area (TPSA) is 31.4 Å². The highest BCUT2D eigenvalue weighted by Crippen LogP contribution is 2.25. The maximum absolute atomic E-state index is 4.80. The van der Waals surface area contributed by atoms with Gasteiger partial charge in [0, 0.05) is 43.6 Å². The Morgan fingerprint density at radius 3 is 3.19 bits per heavy atom. The second-order valence-electron chi connectivity index (χ2n) is 6.48. The summed E-state index contributed by atoms with van der Waals surface area (Å²) in [6, 6.07) is 1.45. The van der Waals surface area contributed by atoms with Gasteiger partial charge in [0.05, 0.1) is 5.69 Å². The Kier molecular flexibility index (Phi) is 5.27. The molecule has 3 rings (SSSR count). The average Bonchev–Trinajstić information content (AvgIpc) is 3.09. The molecule has 0 aliphatic carbocycles. The molecule has 5 heteroatoms. The van der Waals surface area contributed by atoms with E-state index in [0.29, 0.717) is 6.04 Å². The van der Waals surface area contributed by atoms with Crippen LogP contribution in [-0.2, 0) is 13.1 Å². The van der Waals surface area contributed by atoms with Crippen LogP contribution >= 0.6 is 11.3 Å². The van der Waals surface area contributed by atoms with Gasteiger partial charge in [0.25, 0.3) is 0 Å². The van der Waals surface area contributed by atoms with Crippen LogP contribution in [0.15, 0.2) is 5.38 Å². The molecule has 0 bridgehead atoms. The first-order valence-corrected chi connectivity index (χ1v) is 9.26. The summed E-state index contributed by atoms with van der Waals surface area (Å²) in [5.41, 5.74) is 1.26. The highest BCUT2D eigenvalue weighted by atomic mass is 32.1. The van der Waals surface area contributed by atoms with Gasteiger partial charge in [0.1, 0.15) is 5.01 Å². The van der Waals surface area contributed by atoms with Gasteiger partial charge in [0.2, 0.25) is 0 Å². The van der Waals surface area contributed by atoms with Gasteiger partial charge < -0.3 is 5.32 Å². The predicted molar refractivity (Wildman–Crippen MR) is 88.6 cm³/mol. The molecule has 118 valence electrons. The van der Waals surface area contributed by atoms with Crippen LogP contribution in [0.3, 0.4) is 0 Å². The van der Waals surface area contributed by atoms with Crippen LogP contribution in [-0.4, -0.2) is 53.0 Å². The van der Waals surface area contributed by atoms with Crippen molar-refractivity contribution in [1.82, 2.24) is 20.1 Å². The highest BCUT2D eigenvalue weighted by molar-refractivity contribution is 7.09. The maximum Gasteiger partial charge on any atom is 0.107 e. The molecule has 2 atom stereocenters. The Hall–Kier alpha value is -0.490. The van der Waals surface area contributed by atoms with Crippen molar-refractivity contribution < 1.29 is 0 Å². The Balaban J connectivity index is 1.53.